The first kappa shape index (κ1) is 22.4. The summed E-state index contributed by atoms with van der Waals surface area (Å²) in [5.41, 5.74) is 1.34. The molecule has 2 fully saturated rings. The molecule has 2 aromatic rings. The zero-order chi connectivity index (χ0) is 22.2. The molecule has 32 heavy (non-hydrogen) atoms. The molecule has 0 aliphatic carbocycles. The predicted molar refractivity (Wildman–Crippen MR) is 121 cm³/mol. The zero-order valence-electron chi connectivity index (χ0n) is 18.5. The van der Waals surface area contributed by atoms with Gasteiger partial charge in [-0.25, -0.2) is 0 Å². The first-order valence-corrected chi connectivity index (χ1v) is 11.3. The summed E-state index contributed by atoms with van der Waals surface area (Å²) in [6, 6.07) is 12.8. The van der Waals surface area contributed by atoms with Crippen LogP contribution in [0.2, 0.25) is 0 Å². The number of ketones is 1. The topological polar surface area (TPSA) is 63.2 Å². The number of carbonyl (C=O) groups is 1. The van der Waals surface area contributed by atoms with Gasteiger partial charge in [-0.15, -0.1) is 0 Å². The molecule has 170 valence electrons. The van der Waals surface area contributed by atoms with Gasteiger partial charge in [0.15, 0.2) is 18.4 Å². The maximum Gasteiger partial charge on any atom is 0.199 e. The molecule has 0 N–H and O–H groups in total. The van der Waals surface area contributed by atoms with E-state index in [9.17, 15) is 4.79 Å². The lowest BCUT2D eigenvalue weighted by Crippen LogP contribution is -2.26. The number of benzene rings is 2. The number of rotatable bonds is 8. The molecule has 2 saturated heterocycles. The van der Waals surface area contributed by atoms with Crippen LogP contribution >= 0.6 is 0 Å². The molecule has 0 spiro atoms. The van der Waals surface area contributed by atoms with Crippen molar-refractivity contribution in [2.75, 3.05) is 20.3 Å². The Morgan fingerprint density at radius 3 is 2.16 bits per heavy atom. The summed E-state index contributed by atoms with van der Waals surface area (Å²) in [7, 11) is 1.62. The van der Waals surface area contributed by atoms with E-state index >= 15 is 0 Å². The SMILES string of the molecule is COc1ccc(/C=C/C(=O)c2cc(OC3CCCCO3)ccc2OC2CCCCO2)cc1. The molecule has 6 nitrogen and oxygen atoms in total. The van der Waals surface area contributed by atoms with Crippen molar-refractivity contribution in [3.05, 3.63) is 59.7 Å². The van der Waals surface area contributed by atoms with Crippen molar-refractivity contribution >= 4 is 11.9 Å². The van der Waals surface area contributed by atoms with Gasteiger partial charge < -0.3 is 23.7 Å². The number of carbonyl (C=O) groups excluding carboxylic acids is 1. The Bertz CT molecular complexity index is 908. The molecule has 2 aliphatic rings. The van der Waals surface area contributed by atoms with E-state index in [1.165, 1.54) is 0 Å². The lowest BCUT2D eigenvalue weighted by Gasteiger charge is -2.25. The van der Waals surface area contributed by atoms with Crippen molar-refractivity contribution in [2.24, 2.45) is 0 Å². The summed E-state index contributed by atoms with van der Waals surface area (Å²) < 4.78 is 28.6. The Hall–Kier alpha value is -2.83. The van der Waals surface area contributed by atoms with Gasteiger partial charge in [0, 0.05) is 12.8 Å². The van der Waals surface area contributed by atoms with Gasteiger partial charge in [0.05, 0.1) is 25.9 Å². The van der Waals surface area contributed by atoms with Gasteiger partial charge in [0.25, 0.3) is 0 Å². The minimum absolute atomic E-state index is 0.165. The van der Waals surface area contributed by atoms with Crippen LogP contribution in [0.25, 0.3) is 6.08 Å². The molecule has 2 aliphatic heterocycles. The third kappa shape index (κ3) is 6.11. The van der Waals surface area contributed by atoms with E-state index in [4.69, 9.17) is 23.7 Å². The number of allylic oxidation sites excluding steroid dienone is 1. The van der Waals surface area contributed by atoms with Gasteiger partial charge in [-0.1, -0.05) is 18.2 Å². The van der Waals surface area contributed by atoms with E-state index in [1.807, 2.05) is 30.3 Å². The summed E-state index contributed by atoms with van der Waals surface area (Å²) in [6.45, 7) is 1.37. The highest BCUT2D eigenvalue weighted by Gasteiger charge is 2.21. The van der Waals surface area contributed by atoms with E-state index < -0.39 is 0 Å². The summed E-state index contributed by atoms with van der Waals surface area (Å²) in [5, 5.41) is 0. The highest BCUT2D eigenvalue weighted by atomic mass is 16.7. The van der Waals surface area contributed by atoms with E-state index in [2.05, 4.69) is 0 Å². The molecule has 0 aromatic heterocycles. The van der Waals surface area contributed by atoms with Crippen molar-refractivity contribution in [1.82, 2.24) is 0 Å². The van der Waals surface area contributed by atoms with Crippen LogP contribution in [-0.4, -0.2) is 38.7 Å². The number of hydrogen-bond acceptors (Lipinski definition) is 6. The maximum atomic E-state index is 13.1. The number of hydrogen-bond donors (Lipinski definition) is 0. The number of methoxy groups -OCH3 is 1. The Morgan fingerprint density at radius 2 is 1.53 bits per heavy atom. The minimum Gasteiger partial charge on any atom is -0.497 e. The molecule has 0 saturated carbocycles. The second-order valence-electron chi connectivity index (χ2n) is 7.96. The van der Waals surface area contributed by atoms with Crippen LogP contribution in [0.4, 0.5) is 0 Å². The monoisotopic (exact) mass is 438 g/mol. The smallest absolute Gasteiger partial charge is 0.199 e. The molecule has 2 aromatic carbocycles. The van der Waals surface area contributed by atoms with Crippen LogP contribution in [0.15, 0.2) is 48.5 Å². The third-order valence-electron chi connectivity index (χ3n) is 5.56. The normalized spacial score (nSPS) is 21.3. The van der Waals surface area contributed by atoms with Gasteiger partial charge in [-0.05, 0) is 67.7 Å². The minimum atomic E-state index is -0.339. The molecular weight excluding hydrogens is 408 g/mol. The van der Waals surface area contributed by atoms with E-state index in [0.717, 1.165) is 49.8 Å². The maximum absolute atomic E-state index is 13.1. The lowest BCUT2D eigenvalue weighted by atomic mass is 10.1. The number of ether oxygens (including phenoxy) is 5. The quantitative estimate of drug-likeness (QED) is 0.406. The van der Waals surface area contributed by atoms with Crippen LogP contribution in [-0.2, 0) is 9.47 Å². The molecule has 4 rings (SSSR count). The molecule has 2 heterocycles. The van der Waals surface area contributed by atoms with E-state index in [1.54, 1.807) is 31.4 Å². The van der Waals surface area contributed by atoms with Gasteiger partial charge in [-0.3, -0.25) is 4.79 Å². The van der Waals surface area contributed by atoms with Crippen LogP contribution in [0.1, 0.15) is 54.4 Å². The molecule has 0 amide bonds. The predicted octanol–water partition coefficient (Wildman–Crippen LogP) is 5.40. The van der Waals surface area contributed by atoms with Crippen molar-refractivity contribution < 1.29 is 28.5 Å². The van der Waals surface area contributed by atoms with Crippen LogP contribution < -0.4 is 14.2 Å². The Labute approximate surface area is 189 Å². The van der Waals surface area contributed by atoms with Gasteiger partial charge in [-0.2, -0.15) is 0 Å². The molecule has 2 atom stereocenters. The molecule has 0 radical (unpaired) electrons. The standard InChI is InChI=1S/C26H30O6/c1-28-20-11-8-19(9-12-20)10-14-23(27)22-18-21(31-25-6-2-4-16-29-25)13-15-24(22)32-26-7-3-5-17-30-26/h8-15,18,25-26H,2-7,16-17H2,1H3/b14-10+. The van der Waals surface area contributed by atoms with Crippen LogP contribution in [0, 0.1) is 0 Å². The van der Waals surface area contributed by atoms with Crippen molar-refractivity contribution in [3.8, 4) is 17.2 Å². The van der Waals surface area contributed by atoms with Crippen molar-refractivity contribution in [3.63, 3.8) is 0 Å². The fraction of sp³-hybridized carbons (Fsp3) is 0.423. The molecular formula is C26H30O6. The summed E-state index contributed by atoms with van der Waals surface area (Å²) in [6.07, 6.45) is 8.56. The van der Waals surface area contributed by atoms with Crippen LogP contribution in [0.5, 0.6) is 17.2 Å². The average Bonchev–Trinajstić information content (AvgIpc) is 2.85. The second kappa shape index (κ2) is 11.2. The highest BCUT2D eigenvalue weighted by Crippen LogP contribution is 2.30. The third-order valence-corrected chi connectivity index (χ3v) is 5.56. The van der Waals surface area contributed by atoms with E-state index in [0.29, 0.717) is 30.3 Å². The first-order chi connectivity index (χ1) is 15.7. The van der Waals surface area contributed by atoms with E-state index in [-0.39, 0.29) is 18.4 Å². The zero-order valence-corrected chi connectivity index (χ0v) is 18.5. The fourth-order valence-corrected chi connectivity index (χ4v) is 3.76. The van der Waals surface area contributed by atoms with Gasteiger partial charge in [0.1, 0.15) is 17.2 Å². The Balaban J connectivity index is 1.53. The lowest BCUT2D eigenvalue weighted by molar-refractivity contribution is -0.107. The molecule has 2 unspecified atom stereocenters. The van der Waals surface area contributed by atoms with Crippen molar-refractivity contribution in [2.45, 2.75) is 51.1 Å². The Kier molecular flexibility index (Phi) is 7.80. The van der Waals surface area contributed by atoms with Crippen molar-refractivity contribution in [1.29, 1.82) is 0 Å². The summed E-state index contributed by atoms with van der Waals surface area (Å²) in [4.78, 5) is 13.1. The summed E-state index contributed by atoms with van der Waals surface area (Å²) >= 11 is 0. The fourth-order valence-electron chi connectivity index (χ4n) is 3.76. The molecule has 6 heteroatoms. The average molecular weight is 439 g/mol. The Morgan fingerprint density at radius 1 is 0.875 bits per heavy atom. The first-order valence-electron chi connectivity index (χ1n) is 11.3. The second-order valence-corrected chi connectivity index (χ2v) is 7.96. The largest absolute Gasteiger partial charge is 0.497 e. The van der Waals surface area contributed by atoms with Gasteiger partial charge >= 0.3 is 0 Å². The highest BCUT2D eigenvalue weighted by molar-refractivity contribution is 6.08. The van der Waals surface area contributed by atoms with Crippen LogP contribution in [0.3, 0.4) is 0 Å². The van der Waals surface area contributed by atoms with Gasteiger partial charge in [0.2, 0.25) is 0 Å². The summed E-state index contributed by atoms with van der Waals surface area (Å²) in [5.74, 6) is 1.70. The molecule has 0 bridgehead atoms.